The number of hydrogen-bond donors (Lipinski definition) is 2. The van der Waals surface area contributed by atoms with Gasteiger partial charge in [-0.25, -0.2) is 0 Å². The van der Waals surface area contributed by atoms with Crippen LogP contribution in [0.5, 0.6) is 0 Å². The molecule has 5 heteroatoms. The van der Waals surface area contributed by atoms with Crippen LogP contribution in [0.2, 0.25) is 0 Å². The van der Waals surface area contributed by atoms with Crippen LogP contribution in [0.25, 0.3) is 0 Å². The van der Waals surface area contributed by atoms with E-state index in [-0.39, 0.29) is 5.91 Å². The number of rotatable bonds is 7. The third-order valence-corrected chi connectivity index (χ3v) is 3.67. The first kappa shape index (κ1) is 15.6. The van der Waals surface area contributed by atoms with Gasteiger partial charge in [0, 0.05) is 37.6 Å². The number of benzene rings is 1. The molecule has 1 aromatic rings. The molecule has 0 saturated carbocycles. The molecule has 1 amide bonds. The van der Waals surface area contributed by atoms with Crippen molar-refractivity contribution in [3.8, 4) is 0 Å². The molecule has 1 fully saturated rings. The maximum absolute atomic E-state index is 11.7. The largest absolute Gasteiger partial charge is 0.376 e. The third-order valence-electron chi connectivity index (χ3n) is 3.67. The van der Waals surface area contributed by atoms with Gasteiger partial charge in [-0.15, -0.1) is 0 Å². The number of carbonyl (C=O) groups is 1. The standard InChI is InChI=1S/C16H26N4O/c1-19(2)12-9-17-16(21)13-18-14-5-7-15(8-6-14)20-10-3-4-11-20/h5-8,18H,3-4,9-13H2,1-2H3,(H,17,21). The molecule has 0 aromatic heterocycles. The SMILES string of the molecule is CN(C)CCNC(=O)CNc1ccc(N2CCCC2)cc1. The Morgan fingerprint density at radius 2 is 1.86 bits per heavy atom. The molecule has 0 atom stereocenters. The van der Waals surface area contributed by atoms with E-state index >= 15 is 0 Å². The Balaban J connectivity index is 1.71. The number of nitrogens with one attached hydrogen (secondary N) is 2. The van der Waals surface area contributed by atoms with Gasteiger partial charge in [-0.2, -0.15) is 0 Å². The summed E-state index contributed by atoms with van der Waals surface area (Å²) in [6.07, 6.45) is 2.57. The topological polar surface area (TPSA) is 47.6 Å². The fourth-order valence-electron chi connectivity index (χ4n) is 2.43. The summed E-state index contributed by atoms with van der Waals surface area (Å²) in [4.78, 5) is 16.1. The van der Waals surface area contributed by atoms with Gasteiger partial charge in [-0.05, 0) is 51.2 Å². The van der Waals surface area contributed by atoms with E-state index in [0.29, 0.717) is 13.1 Å². The van der Waals surface area contributed by atoms with Gasteiger partial charge < -0.3 is 20.4 Å². The summed E-state index contributed by atoms with van der Waals surface area (Å²) < 4.78 is 0. The lowest BCUT2D eigenvalue weighted by atomic mass is 10.2. The lowest BCUT2D eigenvalue weighted by molar-refractivity contribution is -0.119. The van der Waals surface area contributed by atoms with E-state index in [1.807, 2.05) is 31.1 Å². The first-order valence-corrected chi connectivity index (χ1v) is 7.65. The summed E-state index contributed by atoms with van der Waals surface area (Å²) in [5.41, 5.74) is 2.26. The molecule has 1 aliphatic rings. The minimum Gasteiger partial charge on any atom is -0.376 e. The highest BCUT2D eigenvalue weighted by Gasteiger charge is 2.11. The second kappa shape index (κ2) is 7.88. The van der Waals surface area contributed by atoms with Crippen LogP contribution in [-0.2, 0) is 4.79 Å². The highest BCUT2D eigenvalue weighted by molar-refractivity contribution is 5.80. The molecule has 21 heavy (non-hydrogen) atoms. The van der Waals surface area contributed by atoms with Gasteiger partial charge in [0.15, 0.2) is 0 Å². The highest BCUT2D eigenvalue weighted by Crippen LogP contribution is 2.21. The first-order chi connectivity index (χ1) is 10.1. The van der Waals surface area contributed by atoms with Gasteiger partial charge in [0.25, 0.3) is 0 Å². The molecule has 116 valence electrons. The molecule has 2 N–H and O–H groups in total. The molecule has 0 bridgehead atoms. The van der Waals surface area contributed by atoms with Crippen molar-refractivity contribution in [2.45, 2.75) is 12.8 Å². The molecule has 1 heterocycles. The van der Waals surface area contributed by atoms with Crippen LogP contribution in [0.15, 0.2) is 24.3 Å². The van der Waals surface area contributed by atoms with Crippen molar-refractivity contribution in [3.63, 3.8) is 0 Å². The number of amides is 1. The van der Waals surface area contributed by atoms with Crippen LogP contribution >= 0.6 is 0 Å². The second-order valence-electron chi connectivity index (χ2n) is 5.75. The van der Waals surface area contributed by atoms with E-state index in [1.54, 1.807) is 0 Å². The van der Waals surface area contributed by atoms with Crippen LogP contribution in [0.3, 0.4) is 0 Å². The van der Waals surface area contributed by atoms with Crippen LogP contribution in [0, 0.1) is 0 Å². The Labute approximate surface area is 127 Å². The summed E-state index contributed by atoms with van der Waals surface area (Å²) in [7, 11) is 3.98. The zero-order chi connectivity index (χ0) is 15.1. The van der Waals surface area contributed by atoms with Crippen molar-refractivity contribution in [1.29, 1.82) is 0 Å². The lowest BCUT2D eigenvalue weighted by Gasteiger charge is -2.18. The summed E-state index contributed by atoms with van der Waals surface area (Å²) in [6, 6.07) is 8.33. The predicted molar refractivity (Wildman–Crippen MR) is 87.9 cm³/mol. The molecule has 5 nitrogen and oxygen atoms in total. The Kier molecular flexibility index (Phi) is 5.87. The van der Waals surface area contributed by atoms with Crippen molar-refractivity contribution in [2.75, 3.05) is 57.0 Å². The Morgan fingerprint density at radius 1 is 1.19 bits per heavy atom. The van der Waals surface area contributed by atoms with Crippen molar-refractivity contribution >= 4 is 17.3 Å². The smallest absolute Gasteiger partial charge is 0.239 e. The number of anilines is 2. The number of nitrogens with zero attached hydrogens (tertiary/aromatic N) is 2. The highest BCUT2D eigenvalue weighted by atomic mass is 16.1. The molecular formula is C16H26N4O. The summed E-state index contributed by atoms with van der Waals surface area (Å²) >= 11 is 0. The van der Waals surface area contributed by atoms with Gasteiger partial charge >= 0.3 is 0 Å². The quantitative estimate of drug-likeness (QED) is 0.796. The van der Waals surface area contributed by atoms with E-state index in [9.17, 15) is 4.79 Å². The Bertz CT molecular complexity index is 438. The van der Waals surface area contributed by atoms with Gasteiger partial charge in [-0.1, -0.05) is 0 Å². The van der Waals surface area contributed by atoms with Crippen molar-refractivity contribution in [3.05, 3.63) is 24.3 Å². The molecule has 1 aromatic carbocycles. The Morgan fingerprint density at radius 3 is 2.48 bits per heavy atom. The van der Waals surface area contributed by atoms with Crippen LogP contribution < -0.4 is 15.5 Å². The molecule has 2 rings (SSSR count). The van der Waals surface area contributed by atoms with Gasteiger partial charge in [0.1, 0.15) is 0 Å². The van der Waals surface area contributed by atoms with E-state index < -0.39 is 0 Å². The van der Waals surface area contributed by atoms with Crippen molar-refractivity contribution in [2.24, 2.45) is 0 Å². The van der Waals surface area contributed by atoms with Crippen molar-refractivity contribution < 1.29 is 4.79 Å². The lowest BCUT2D eigenvalue weighted by Crippen LogP contribution is -2.35. The van der Waals surface area contributed by atoms with E-state index in [1.165, 1.54) is 18.5 Å². The average molecular weight is 290 g/mol. The maximum Gasteiger partial charge on any atom is 0.239 e. The zero-order valence-electron chi connectivity index (χ0n) is 13.1. The Hall–Kier alpha value is -1.75. The average Bonchev–Trinajstić information content (AvgIpc) is 2.99. The first-order valence-electron chi connectivity index (χ1n) is 7.65. The summed E-state index contributed by atoms with van der Waals surface area (Å²) in [5, 5.41) is 6.05. The van der Waals surface area contributed by atoms with Crippen LogP contribution in [0.4, 0.5) is 11.4 Å². The van der Waals surface area contributed by atoms with E-state index in [2.05, 4.69) is 27.7 Å². The molecule has 0 aliphatic carbocycles. The number of carbonyl (C=O) groups excluding carboxylic acids is 1. The van der Waals surface area contributed by atoms with E-state index in [0.717, 1.165) is 25.3 Å². The van der Waals surface area contributed by atoms with Crippen LogP contribution in [-0.4, -0.2) is 57.6 Å². The maximum atomic E-state index is 11.7. The fourth-order valence-corrected chi connectivity index (χ4v) is 2.43. The molecule has 0 spiro atoms. The number of hydrogen-bond acceptors (Lipinski definition) is 4. The molecule has 1 saturated heterocycles. The normalized spacial score (nSPS) is 14.5. The second-order valence-corrected chi connectivity index (χ2v) is 5.75. The van der Waals surface area contributed by atoms with E-state index in [4.69, 9.17) is 0 Å². The fraction of sp³-hybridized carbons (Fsp3) is 0.562. The zero-order valence-corrected chi connectivity index (χ0v) is 13.1. The molecule has 0 unspecified atom stereocenters. The van der Waals surface area contributed by atoms with Gasteiger partial charge in [-0.3, -0.25) is 4.79 Å². The van der Waals surface area contributed by atoms with Crippen molar-refractivity contribution in [1.82, 2.24) is 10.2 Å². The predicted octanol–water partition coefficient (Wildman–Crippen LogP) is 1.38. The van der Waals surface area contributed by atoms with Gasteiger partial charge in [0.05, 0.1) is 6.54 Å². The van der Waals surface area contributed by atoms with Crippen LogP contribution in [0.1, 0.15) is 12.8 Å². The molecule has 0 radical (unpaired) electrons. The molecule has 1 aliphatic heterocycles. The van der Waals surface area contributed by atoms with Gasteiger partial charge in [0.2, 0.25) is 5.91 Å². The number of likely N-dealkylation sites (N-methyl/N-ethyl adjacent to an activating group) is 1. The molecular weight excluding hydrogens is 264 g/mol. The monoisotopic (exact) mass is 290 g/mol. The minimum atomic E-state index is 0.0282. The summed E-state index contributed by atoms with van der Waals surface area (Å²) in [6.45, 7) is 4.16. The third kappa shape index (κ3) is 5.27. The minimum absolute atomic E-state index is 0.0282. The summed E-state index contributed by atoms with van der Waals surface area (Å²) in [5.74, 6) is 0.0282.